The van der Waals surface area contributed by atoms with E-state index in [-0.39, 0.29) is 0 Å². The van der Waals surface area contributed by atoms with Gasteiger partial charge in [-0.2, -0.15) is 4.99 Å². The summed E-state index contributed by atoms with van der Waals surface area (Å²) in [5.74, 6) is 0. The number of halogens is 1. The summed E-state index contributed by atoms with van der Waals surface area (Å²) in [6, 6.07) is 9.27. The zero-order valence-corrected chi connectivity index (χ0v) is 6.95. The van der Waals surface area contributed by atoms with E-state index in [0.29, 0.717) is 5.03 Å². The number of benzene rings is 1. The first kappa shape index (κ1) is 8.72. The monoisotopic (exact) mass is 179 g/mol. The van der Waals surface area contributed by atoms with Crippen molar-refractivity contribution in [3.63, 3.8) is 0 Å². The summed E-state index contributed by atoms with van der Waals surface area (Å²) in [5, 5.41) is 0.430. The first-order valence-corrected chi connectivity index (χ1v) is 3.70. The summed E-state index contributed by atoms with van der Waals surface area (Å²) in [6.45, 7) is 0. The van der Waals surface area contributed by atoms with Crippen LogP contribution in [0.4, 0.5) is 0 Å². The summed E-state index contributed by atoms with van der Waals surface area (Å²) in [5.41, 5.74) is 0.832. The molecule has 0 saturated carbocycles. The van der Waals surface area contributed by atoms with Crippen molar-refractivity contribution in [2.75, 3.05) is 0 Å². The first-order valence-electron chi connectivity index (χ1n) is 3.32. The van der Waals surface area contributed by atoms with Crippen molar-refractivity contribution in [1.82, 2.24) is 0 Å². The topological polar surface area (TPSA) is 29.4 Å². The summed E-state index contributed by atoms with van der Waals surface area (Å²) < 4.78 is 0. The number of rotatable bonds is 2. The van der Waals surface area contributed by atoms with E-state index in [1.807, 2.05) is 30.3 Å². The molecule has 1 rings (SSSR count). The second kappa shape index (κ2) is 4.50. The maximum Gasteiger partial charge on any atom is 0.239 e. The molecule has 0 heterocycles. The van der Waals surface area contributed by atoms with Crippen LogP contribution in [0.3, 0.4) is 0 Å². The van der Waals surface area contributed by atoms with Crippen molar-refractivity contribution in [3.05, 3.63) is 42.1 Å². The molecule has 0 radical (unpaired) electrons. The molecule has 2 nitrogen and oxygen atoms in total. The molecule has 1 aromatic rings. The zero-order chi connectivity index (χ0) is 8.81. The fraction of sp³-hybridized carbons (Fsp3) is 0. The predicted molar refractivity (Wildman–Crippen MR) is 48.4 cm³/mol. The van der Waals surface area contributed by atoms with Crippen LogP contribution in [0.25, 0.3) is 5.03 Å². The molecule has 0 saturated heterocycles. The van der Waals surface area contributed by atoms with Gasteiger partial charge in [-0.15, -0.1) is 0 Å². The molecule has 0 aliphatic heterocycles. The predicted octanol–water partition coefficient (Wildman–Crippen LogP) is 2.56. The van der Waals surface area contributed by atoms with Crippen molar-refractivity contribution in [3.8, 4) is 0 Å². The van der Waals surface area contributed by atoms with E-state index in [1.54, 1.807) is 0 Å². The minimum absolute atomic E-state index is 0.430. The number of aliphatic imine (C=N–C) groups is 1. The third kappa shape index (κ3) is 2.35. The van der Waals surface area contributed by atoms with Gasteiger partial charge in [0.05, 0.1) is 11.2 Å². The third-order valence-corrected chi connectivity index (χ3v) is 1.60. The van der Waals surface area contributed by atoms with E-state index in [4.69, 9.17) is 11.6 Å². The molecule has 3 heteroatoms. The number of hydrogen-bond donors (Lipinski definition) is 0. The first-order chi connectivity index (χ1) is 5.84. The number of nitrogens with zero attached hydrogens (tertiary/aromatic N) is 1. The Hall–Kier alpha value is -1.37. The van der Waals surface area contributed by atoms with E-state index in [0.717, 1.165) is 5.56 Å². The lowest BCUT2D eigenvalue weighted by Gasteiger charge is -1.94. The van der Waals surface area contributed by atoms with E-state index in [9.17, 15) is 4.79 Å². The Kier molecular flexibility index (Phi) is 3.27. The molecule has 0 aromatic heterocycles. The van der Waals surface area contributed by atoms with Crippen LogP contribution in [0.1, 0.15) is 5.56 Å². The average Bonchev–Trinajstić information content (AvgIpc) is 2.15. The standard InChI is InChI=1S/C9H6ClNO/c10-9(6-11-7-12)8-4-2-1-3-5-8/h1-6H/b9-6+. The van der Waals surface area contributed by atoms with E-state index in [2.05, 4.69) is 4.99 Å². The van der Waals surface area contributed by atoms with Gasteiger partial charge in [0.25, 0.3) is 0 Å². The lowest BCUT2D eigenvalue weighted by molar-refractivity contribution is 0.565. The highest BCUT2D eigenvalue weighted by molar-refractivity contribution is 6.48. The van der Waals surface area contributed by atoms with Crippen LogP contribution in [0, 0.1) is 0 Å². The molecular weight excluding hydrogens is 174 g/mol. The Balaban J connectivity index is 2.92. The maximum atomic E-state index is 9.75. The van der Waals surface area contributed by atoms with Crippen LogP contribution in [0.2, 0.25) is 0 Å². The lowest BCUT2D eigenvalue weighted by Crippen LogP contribution is -1.73. The van der Waals surface area contributed by atoms with Gasteiger partial charge in [0, 0.05) is 0 Å². The molecule has 60 valence electrons. The molecule has 0 N–H and O–H groups in total. The average molecular weight is 180 g/mol. The smallest absolute Gasteiger partial charge is 0.211 e. The molecule has 12 heavy (non-hydrogen) atoms. The van der Waals surface area contributed by atoms with E-state index >= 15 is 0 Å². The number of isocyanates is 1. The van der Waals surface area contributed by atoms with Gasteiger partial charge >= 0.3 is 0 Å². The zero-order valence-electron chi connectivity index (χ0n) is 6.20. The van der Waals surface area contributed by atoms with E-state index in [1.165, 1.54) is 12.3 Å². The van der Waals surface area contributed by atoms with Crippen molar-refractivity contribution >= 4 is 22.7 Å². The highest BCUT2D eigenvalue weighted by atomic mass is 35.5. The van der Waals surface area contributed by atoms with Crippen molar-refractivity contribution in [2.45, 2.75) is 0 Å². The molecule has 0 atom stereocenters. The summed E-state index contributed by atoms with van der Waals surface area (Å²) in [6.07, 6.45) is 2.65. The molecule has 0 bridgehead atoms. The van der Waals surface area contributed by atoms with Gasteiger partial charge in [0.15, 0.2) is 0 Å². The van der Waals surface area contributed by atoms with Crippen LogP contribution < -0.4 is 0 Å². The fourth-order valence-corrected chi connectivity index (χ4v) is 0.930. The van der Waals surface area contributed by atoms with Gasteiger partial charge in [-0.05, 0) is 5.56 Å². The Bertz CT molecular complexity index is 326. The van der Waals surface area contributed by atoms with Gasteiger partial charge in [0.1, 0.15) is 0 Å². The minimum Gasteiger partial charge on any atom is -0.211 e. The van der Waals surface area contributed by atoms with Crippen molar-refractivity contribution in [2.24, 2.45) is 4.99 Å². The Labute approximate surface area is 75.2 Å². The number of carbonyl (C=O) groups excluding carboxylic acids is 1. The second-order valence-electron chi connectivity index (χ2n) is 2.06. The Morgan fingerprint density at radius 1 is 1.42 bits per heavy atom. The highest BCUT2D eigenvalue weighted by Gasteiger charge is 1.93. The fourth-order valence-electron chi connectivity index (χ4n) is 0.755. The third-order valence-electron chi connectivity index (χ3n) is 1.28. The SMILES string of the molecule is O=C=N/C=C(/Cl)c1ccccc1. The molecule has 0 spiro atoms. The number of hydrogen-bond acceptors (Lipinski definition) is 2. The molecule has 0 amide bonds. The minimum atomic E-state index is 0.430. The quantitative estimate of drug-likeness (QED) is 0.507. The Morgan fingerprint density at radius 3 is 2.67 bits per heavy atom. The van der Waals surface area contributed by atoms with Crippen molar-refractivity contribution < 1.29 is 4.79 Å². The van der Waals surface area contributed by atoms with Gasteiger partial charge in [0.2, 0.25) is 6.08 Å². The summed E-state index contributed by atoms with van der Waals surface area (Å²) in [4.78, 5) is 13.0. The largest absolute Gasteiger partial charge is 0.239 e. The van der Waals surface area contributed by atoms with Gasteiger partial charge in [-0.1, -0.05) is 41.9 Å². The Morgan fingerprint density at radius 2 is 2.08 bits per heavy atom. The summed E-state index contributed by atoms with van der Waals surface area (Å²) >= 11 is 5.77. The van der Waals surface area contributed by atoms with Gasteiger partial charge < -0.3 is 0 Å². The lowest BCUT2D eigenvalue weighted by atomic mass is 10.2. The maximum absolute atomic E-state index is 9.75. The van der Waals surface area contributed by atoms with Crippen LogP contribution in [0.15, 0.2) is 41.5 Å². The van der Waals surface area contributed by atoms with Crippen LogP contribution in [-0.4, -0.2) is 6.08 Å². The molecule has 0 aliphatic carbocycles. The molecule has 0 aliphatic rings. The van der Waals surface area contributed by atoms with Crippen LogP contribution >= 0.6 is 11.6 Å². The van der Waals surface area contributed by atoms with Crippen LogP contribution in [-0.2, 0) is 4.79 Å². The normalized spacial score (nSPS) is 10.6. The molecule has 0 fully saturated rings. The summed E-state index contributed by atoms with van der Waals surface area (Å²) in [7, 11) is 0. The van der Waals surface area contributed by atoms with Gasteiger partial charge in [-0.3, -0.25) is 0 Å². The van der Waals surface area contributed by atoms with Crippen molar-refractivity contribution in [1.29, 1.82) is 0 Å². The molecule has 0 unspecified atom stereocenters. The second-order valence-corrected chi connectivity index (χ2v) is 2.47. The highest BCUT2D eigenvalue weighted by Crippen LogP contribution is 2.17. The van der Waals surface area contributed by atoms with Crippen LogP contribution in [0.5, 0.6) is 0 Å². The molecular formula is C9H6ClNO. The van der Waals surface area contributed by atoms with E-state index < -0.39 is 0 Å². The molecule has 1 aromatic carbocycles. The van der Waals surface area contributed by atoms with Gasteiger partial charge in [-0.25, -0.2) is 4.79 Å².